The van der Waals surface area contributed by atoms with Crippen LogP contribution in [0.2, 0.25) is 0 Å². The van der Waals surface area contributed by atoms with Crippen LogP contribution in [0.25, 0.3) is 22.3 Å². The Hall–Kier alpha value is -3.59. The van der Waals surface area contributed by atoms with Gasteiger partial charge in [0.1, 0.15) is 6.61 Å². The van der Waals surface area contributed by atoms with E-state index >= 15 is 0 Å². The summed E-state index contributed by atoms with van der Waals surface area (Å²) < 4.78 is 7.32. The van der Waals surface area contributed by atoms with Gasteiger partial charge in [0.15, 0.2) is 10.8 Å². The van der Waals surface area contributed by atoms with Crippen LogP contribution in [-0.4, -0.2) is 31.6 Å². The SMILES string of the molecule is CC(=O)Nc1nc(COC(=O)c2cc(-c3ccccc3)nc3c2cnn3C(C)C)cs1. The number of carbonyl (C=O) groups excluding carboxylic acids is 2. The van der Waals surface area contributed by atoms with Crippen LogP contribution in [0.1, 0.15) is 42.9 Å². The Kier molecular flexibility index (Phi) is 5.77. The maximum absolute atomic E-state index is 13.0. The molecular weight excluding hydrogens is 414 g/mol. The summed E-state index contributed by atoms with van der Waals surface area (Å²) in [6.07, 6.45) is 1.64. The zero-order valence-electron chi connectivity index (χ0n) is 17.3. The minimum Gasteiger partial charge on any atom is -0.456 e. The van der Waals surface area contributed by atoms with Crippen molar-refractivity contribution < 1.29 is 14.3 Å². The van der Waals surface area contributed by atoms with Gasteiger partial charge in [0, 0.05) is 23.9 Å². The number of rotatable bonds is 6. The molecule has 31 heavy (non-hydrogen) atoms. The fourth-order valence-electron chi connectivity index (χ4n) is 3.12. The molecule has 0 saturated heterocycles. The Morgan fingerprint density at radius 1 is 1.19 bits per heavy atom. The van der Waals surface area contributed by atoms with Gasteiger partial charge < -0.3 is 10.1 Å². The van der Waals surface area contributed by atoms with E-state index in [-0.39, 0.29) is 18.6 Å². The first kappa shape index (κ1) is 20.7. The molecule has 0 unspecified atom stereocenters. The van der Waals surface area contributed by atoms with E-state index in [9.17, 15) is 9.59 Å². The smallest absolute Gasteiger partial charge is 0.339 e. The third kappa shape index (κ3) is 4.46. The van der Waals surface area contributed by atoms with E-state index in [0.29, 0.717) is 33.1 Å². The van der Waals surface area contributed by atoms with E-state index in [0.717, 1.165) is 5.56 Å². The lowest BCUT2D eigenvalue weighted by atomic mass is 10.1. The second-order valence-corrected chi connectivity index (χ2v) is 8.10. The van der Waals surface area contributed by atoms with E-state index in [4.69, 9.17) is 9.72 Å². The topological polar surface area (TPSA) is 99.0 Å². The number of carbonyl (C=O) groups is 2. The van der Waals surface area contributed by atoms with Crippen molar-refractivity contribution in [2.75, 3.05) is 5.32 Å². The highest BCUT2D eigenvalue weighted by Gasteiger charge is 2.20. The number of benzene rings is 1. The minimum atomic E-state index is -0.484. The molecule has 0 bridgehead atoms. The molecule has 1 N–H and O–H groups in total. The Bertz CT molecular complexity index is 1250. The Balaban J connectivity index is 1.66. The van der Waals surface area contributed by atoms with Crippen LogP contribution in [0.3, 0.4) is 0 Å². The van der Waals surface area contributed by atoms with Gasteiger partial charge in [-0.25, -0.2) is 19.4 Å². The fraction of sp³-hybridized carbons (Fsp3) is 0.227. The van der Waals surface area contributed by atoms with Gasteiger partial charge in [-0.2, -0.15) is 5.10 Å². The summed E-state index contributed by atoms with van der Waals surface area (Å²) in [5.74, 6) is -0.686. The van der Waals surface area contributed by atoms with Crippen molar-refractivity contribution in [3.8, 4) is 11.3 Å². The van der Waals surface area contributed by atoms with Crippen molar-refractivity contribution in [2.45, 2.75) is 33.4 Å². The fourth-order valence-corrected chi connectivity index (χ4v) is 3.86. The first-order chi connectivity index (χ1) is 14.9. The van der Waals surface area contributed by atoms with E-state index in [1.165, 1.54) is 18.3 Å². The first-order valence-corrected chi connectivity index (χ1v) is 10.6. The monoisotopic (exact) mass is 435 g/mol. The summed E-state index contributed by atoms with van der Waals surface area (Å²) in [4.78, 5) is 33.2. The summed E-state index contributed by atoms with van der Waals surface area (Å²) in [7, 11) is 0. The molecule has 0 aliphatic rings. The molecule has 0 radical (unpaired) electrons. The molecule has 9 heteroatoms. The van der Waals surface area contributed by atoms with Gasteiger partial charge in [-0.3, -0.25) is 4.79 Å². The molecule has 1 aromatic carbocycles. The number of hydrogen-bond acceptors (Lipinski definition) is 7. The molecule has 0 spiro atoms. The van der Waals surface area contributed by atoms with Crippen molar-refractivity contribution in [3.05, 3.63) is 59.2 Å². The van der Waals surface area contributed by atoms with Crippen LogP contribution < -0.4 is 5.32 Å². The number of esters is 1. The molecule has 0 fully saturated rings. The molecule has 1 amide bonds. The molecule has 4 rings (SSSR count). The molecule has 8 nitrogen and oxygen atoms in total. The third-order valence-electron chi connectivity index (χ3n) is 4.53. The molecule has 0 aliphatic heterocycles. The molecule has 3 aromatic heterocycles. The van der Waals surface area contributed by atoms with Crippen molar-refractivity contribution in [1.82, 2.24) is 19.7 Å². The van der Waals surface area contributed by atoms with Crippen molar-refractivity contribution in [2.24, 2.45) is 0 Å². The number of pyridine rings is 1. The van der Waals surface area contributed by atoms with Crippen LogP contribution in [0.5, 0.6) is 0 Å². The normalized spacial score (nSPS) is 11.1. The maximum atomic E-state index is 13.0. The van der Waals surface area contributed by atoms with Gasteiger partial charge in [-0.15, -0.1) is 11.3 Å². The number of ether oxygens (including phenoxy) is 1. The van der Waals surface area contributed by atoms with Gasteiger partial charge in [0.05, 0.1) is 28.5 Å². The summed E-state index contributed by atoms with van der Waals surface area (Å²) in [5.41, 5.74) is 3.16. The Morgan fingerprint density at radius 2 is 1.97 bits per heavy atom. The van der Waals surface area contributed by atoms with Gasteiger partial charge in [-0.05, 0) is 19.9 Å². The average molecular weight is 436 g/mol. The molecule has 4 aromatic rings. The predicted molar refractivity (Wildman–Crippen MR) is 119 cm³/mol. The Morgan fingerprint density at radius 3 is 2.68 bits per heavy atom. The Labute approximate surface area is 182 Å². The maximum Gasteiger partial charge on any atom is 0.339 e. The number of anilines is 1. The molecule has 3 heterocycles. The van der Waals surface area contributed by atoms with Crippen molar-refractivity contribution in [1.29, 1.82) is 0 Å². The number of thiazole rings is 1. The standard InChI is InChI=1S/C22H21N5O3S/c1-13(2)27-20-18(10-23-27)17(9-19(26-20)15-7-5-4-6-8-15)21(29)30-11-16-12-31-22(25-16)24-14(3)28/h4-10,12-13H,11H2,1-3H3,(H,24,25,28). The number of aromatic nitrogens is 4. The molecule has 0 aliphatic carbocycles. The average Bonchev–Trinajstić information content (AvgIpc) is 3.38. The van der Waals surface area contributed by atoms with Gasteiger partial charge in [0.25, 0.3) is 0 Å². The summed E-state index contributed by atoms with van der Waals surface area (Å²) in [6, 6.07) is 11.5. The van der Waals surface area contributed by atoms with Gasteiger partial charge >= 0.3 is 5.97 Å². The quantitative estimate of drug-likeness (QED) is 0.449. The van der Waals surface area contributed by atoms with E-state index in [1.54, 1.807) is 22.3 Å². The van der Waals surface area contributed by atoms with Crippen LogP contribution in [0, 0.1) is 0 Å². The van der Waals surface area contributed by atoms with Gasteiger partial charge in [-0.1, -0.05) is 30.3 Å². The number of hydrogen-bond donors (Lipinski definition) is 1. The first-order valence-electron chi connectivity index (χ1n) is 9.75. The number of fused-ring (bicyclic) bond motifs is 1. The van der Waals surface area contributed by atoms with Gasteiger partial charge in [0.2, 0.25) is 5.91 Å². The highest BCUT2D eigenvalue weighted by atomic mass is 32.1. The minimum absolute atomic E-state index is 0.00226. The zero-order valence-corrected chi connectivity index (χ0v) is 18.1. The number of nitrogens with one attached hydrogen (secondary N) is 1. The van der Waals surface area contributed by atoms with Crippen LogP contribution in [-0.2, 0) is 16.1 Å². The second kappa shape index (κ2) is 8.65. The highest BCUT2D eigenvalue weighted by Crippen LogP contribution is 2.27. The lowest BCUT2D eigenvalue weighted by Gasteiger charge is -2.10. The lowest BCUT2D eigenvalue weighted by Crippen LogP contribution is -2.09. The largest absolute Gasteiger partial charge is 0.456 e. The highest BCUT2D eigenvalue weighted by molar-refractivity contribution is 7.13. The van der Waals surface area contributed by atoms with Crippen LogP contribution >= 0.6 is 11.3 Å². The molecule has 0 atom stereocenters. The summed E-state index contributed by atoms with van der Waals surface area (Å²) >= 11 is 1.28. The van der Waals surface area contributed by atoms with Crippen LogP contribution in [0.4, 0.5) is 5.13 Å². The summed E-state index contributed by atoms with van der Waals surface area (Å²) in [5, 5.41) is 9.88. The number of amides is 1. The molecule has 158 valence electrons. The summed E-state index contributed by atoms with van der Waals surface area (Å²) in [6.45, 7) is 5.43. The molecule has 0 saturated carbocycles. The zero-order chi connectivity index (χ0) is 22.0. The predicted octanol–water partition coefficient (Wildman–Crippen LogP) is 4.45. The van der Waals surface area contributed by atoms with E-state index in [2.05, 4.69) is 15.4 Å². The molecular formula is C22H21N5O3S. The number of nitrogens with zero attached hydrogens (tertiary/aromatic N) is 4. The van der Waals surface area contributed by atoms with E-state index in [1.807, 2.05) is 44.2 Å². The van der Waals surface area contributed by atoms with Crippen LogP contribution in [0.15, 0.2) is 48.0 Å². The lowest BCUT2D eigenvalue weighted by molar-refractivity contribution is -0.114. The van der Waals surface area contributed by atoms with Crippen molar-refractivity contribution >= 4 is 39.4 Å². The third-order valence-corrected chi connectivity index (χ3v) is 5.34. The van der Waals surface area contributed by atoms with E-state index < -0.39 is 5.97 Å². The second-order valence-electron chi connectivity index (χ2n) is 7.24. The van der Waals surface area contributed by atoms with Crippen molar-refractivity contribution in [3.63, 3.8) is 0 Å².